The molecule has 16 rings (SSSR count). The number of anilines is 3. The summed E-state index contributed by atoms with van der Waals surface area (Å²) in [4.78, 5) is 5.22. The topological polar surface area (TPSA) is 8.17 Å². The van der Waals surface area contributed by atoms with Crippen molar-refractivity contribution >= 4 is 95.3 Å². The van der Waals surface area contributed by atoms with Gasteiger partial charge in [0.25, 0.3) is 0 Å². The average molecular weight is 1010 g/mol. The van der Waals surface area contributed by atoms with Crippen molar-refractivity contribution < 1.29 is 0 Å². The van der Waals surface area contributed by atoms with E-state index in [1.54, 1.807) is 0 Å². The Morgan fingerprint density at radius 1 is 0.295 bits per heavy atom. The number of benzene rings is 13. The lowest BCUT2D eigenvalue weighted by atomic mass is 9.34. The Balaban J connectivity index is 1.06. The van der Waals surface area contributed by atoms with Gasteiger partial charge in [-0.1, -0.05) is 266 Å². The monoisotopic (exact) mass is 1010 g/mol. The van der Waals surface area contributed by atoms with Crippen LogP contribution in [0.4, 0.5) is 17.1 Å². The normalized spacial score (nSPS) is 12.5. The molecule has 4 heteroatoms. The van der Waals surface area contributed by atoms with Crippen molar-refractivity contribution in [3.8, 4) is 61.3 Å². The summed E-state index contributed by atoms with van der Waals surface area (Å²) in [6, 6.07) is 106. The lowest BCUT2D eigenvalue weighted by Crippen LogP contribution is -2.60. The highest BCUT2D eigenvalue weighted by Gasteiger charge is 2.43. The zero-order chi connectivity index (χ0) is 51.3. The lowest BCUT2D eigenvalue weighted by molar-refractivity contribution is 1.15. The highest BCUT2D eigenvalue weighted by molar-refractivity contribution is 8.00. The van der Waals surface area contributed by atoms with E-state index in [9.17, 15) is 0 Å². The number of hydrogen-bond donors (Lipinski definition) is 0. The Morgan fingerprint density at radius 3 is 1.33 bits per heavy atom. The smallest absolute Gasteiger partial charge is 0.249 e. The minimum absolute atomic E-state index is 0.0691. The Labute approximate surface area is 458 Å². The Hall–Kier alpha value is -9.61. The van der Waals surface area contributed by atoms with E-state index < -0.39 is 0 Å². The maximum absolute atomic E-state index is 2.67. The molecule has 2 nitrogen and oxygen atoms in total. The van der Waals surface area contributed by atoms with Crippen LogP contribution in [0.1, 0.15) is 0 Å². The number of hydrogen-bond acceptors (Lipinski definition) is 2. The molecular weight excluding hydrogens is 960 g/mol. The Morgan fingerprint density at radius 2 is 0.769 bits per heavy atom. The summed E-state index contributed by atoms with van der Waals surface area (Å²) in [7, 11) is 0. The second kappa shape index (κ2) is 18.0. The van der Waals surface area contributed by atoms with Gasteiger partial charge in [-0.25, -0.2) is 0 Å². The molecule has 14 aromatic rings. The number of fused-ring (bicyclic) bond motifs is 9. The number of nitrogens with zero attached hydrogens (tertiary/aromatic N) is 2. The third kappa shape index (κ3) is 6.93. The van der Waals surface area contributed by atoms with Gasteiger partial charge in [-0.15, -0.1) is 0 Å². The maximum atomic E-state index is 2.67. The van der Waals surface area contributed by atoms with Crippen LogP contribution in [0.2, 0.25) is 0 Å². The summed E-state index contributed by atoms with van der Waals surface area (Å²) in [5.41, 5.74) is 22.9. The molecule has 3 heterocycles. The third-order valence-electron chi connectivity index (χ3n) is 16.4. The zero-order valence-corrected chi connectivity index (χ0v) is 43.3. The van der Waals surface area contributed by atoms with E-state index in [1.165, 1.54) is 137 Å². The second-order valence-electron chi connectivity index (χ2n) is 20.7. The van der Waals surface area contributed by atoms with Crippen molar-refractivity contribution in [1.29, 1.82) is 0 Å². The molecule has 2 aliphatic heterocycles. The first-order valence-corrected chi connectivity index (χ1v) is 27.8. The van der Waals surface area contributed by atoms with Crippen molar-refractivity contribution in [3.05, 3.63) is 285 Å². The third-order valence-corrected chi connectivity index (χ3v) is 17.6. The summed E-state index contributed by atoms with van der Waals surface area (Å²) in [6.45, 7) is -0.0691. The first kappa shape index (κ1) is 44.7. The van der Waals surface area contributed by atoms with Gasteiger partial charge in [0.15, 0.2) is 0 Å². The fourth-order valence-corrected chi connectivity index (χ4v) is 14.3. The minimum atomic E-state index is -0.0691. The van der Waals surface area contributed by atoms with E-state index in [2.05, 4.69) is 295 Å². The van der Waals surface area contributed by atoms with Crippen molar-refractivity contribution in [2.75, 3.05) is 4.90 Å². The molecule has 0 unspecified atom stereocenters. The number of rotatable bonds is 7. The predicted octanol–water partition coefficient (Wildman–Crippen LogP) is 18.2. The summed E-state index contributed by atoms with van der Waals surface area (Å²) in [6.07, 6.45) is 0. The van der Waals surface area contributed by atoms with Gasteiger partial charge in [0.05, 0.1) is 16.7 Å². The molecule has 0 aliphatic carbocycles. The Kier molecular flexibility index (Phi) is 10.3. The van der Waals surface area contributed by atoms with E-state index in [4.69, 9.17) is 0 Å². The van der Waals surface area contributed by atoms with Crippen LogP contribution in [-0.2, 0) is 0 Å². The Bertz CT molecular complexity index is 4530. The molecule has 0 amide bonds. The zero-order valence-electron chi connectivity index (χ0n) is 42.5. The quantitative estimate of drug-likeness (QED) is 0.116. The molecule has 0 spiro atoms. The first-order chi connectivity index (χ1) is 38.7. The van der Waals surface area contributed by atoms with E-state index in [1.807, 2.05) is 11.8 Å². The predicted molar refractivity (Wildman–Crippen MR) is 333 cm³/mol. The molecule has 0 saturated carbocycles. The molecule has 362 valence electrons. The maximum Gasteiger partial charge on any atom is 0.249 e. The molecule has 0 fully saturated rings. The van der Waals surface area contributed by atoms with Crippen LogP contribution in [0.5, 0.6) is 0 Å². The summed E-state index contributed by atoms with van der Waals surface area (Å²) in [5, 5.41) is 7.43. The van der Waals surface area contributed by atoms with Crippen LogP contribution in [-0.4, -0.2) is 11.3 Å². The molecule has 0 saturated heterocycles. The van der Waals surface area contributed by atoms with Crippen LogP contribution in [0, 0.1) is 0 Å². The standard InChI is InChI=1S/C74H47BN2S/c1-5-22-48(23-6-1)52-41-43-69-64(44-52)75-63-42-40-53(72-61-34-15-13-32-59(61)71(51-28-11-4-12-29-51)60-33-14-16-35-62(60)72)45-67(63)77(74-55(49-24-7-2-8-25-49)36-21-37-56(74)50-26-9-3-10-27-50)68-46-54(47-70(78-69)73(68)75)76-65-38-19-17-30-57(65)58-31-18-20-39-66(58)76/h1-47H. The van der Waals surface area contributed by atoms with E-state index in [0.29, 0.717) is 0 Å². The fraction of sp³-hybridized carbons (Fsp3) is 0. The average Bonchev–Trinajstić information content (AvgIpc) is 3.86. The molecule has 0 bridgehead atoms. The summed E-state index contributed by atoms with van der Waals surface area (Å²) < 4.78 is 2.50. The number of para-hydroxylation sites is 3. The minimum Gasteiger partial charge on any atom is -0.310 e. The molecule has 13 aromatic carbocycles. The van der Waals surface area contributed by atoms with Crippen molar-refractivity contribution in [2.24, 2.45) is 0 Å². The molecule has 0 N–H and O–H groups in total. The van der Waals surface area contributed by atoms with Gasteiger partial charge in [0, 0.05) is 48.8 Å². The molecule has 1 aromatic heterocycles. The van der Waals surface area contributed by atoms with E-state index in [-0.39, 0.29) is 6.71 Å². The van der Waals surface area contributed by atoms with Crippen LogP contribution in [0.15, 0.2) is 295 Å². The van der Waals surface area contributed by atoms with E-state index in [0.717, 1.165) is 11.4 Å². The van der Waals surface area contributed by atoms with Gasteiger partial charge in [-0.2, -0.15) is 0 Å². The van der Waals surface area contributed by atoms with Crippen LogP contribution >= 0.6 is 11.8 Å². The van der Waals surface area contributed by atoms with Gasteiger partial charge in [0.2, 0.25) is 6.71 Å². The largest absolute Gasteiger partial charge is 0.310 e. The molecule has 0 radical (unpaired) electrons. The molecule has 2 aliphatic rings. The van der Waals surface area contributed by atoms with Crippen molar-refractivity contribution in [2.45, 2.75) is 9.79 Å². The van der Waals surface area contributed by atoms with Crippen molar-refractivity contribution in [1.82, 2.24) is 4.57 Å². The SMILES string of the molecule is c1ccc(-c2ccc3c(c2)B2c4ccc(-c5c6ccccc6c(-c6ccccc6)c6ccccc56)cc4N(c4c(-c5ccccc5)cccc4-c4ccccc4)c4cc(-n5c6ccccc6c6ccccc65)cc(c42)S3)cc1. The second-order valence-corrected chi connectivity index (χ2v) is 21.7. The highest BCUT2D eigenvalue weighted by atomic mass is 32.2. The van der Waals surface area contributed by atoms with Crippen LogP contribution < -0.4 is 21.3 Å². The molecule has 0 atom stereocenters. The van der Waals surface area contributed by atoms with Crippen molar-refractivity contribution in [3.63, 3.8) is 0 Å². The van der Waals surface area contributed by atoms with Gasteiger partial charge in [0.1, 0.15) is 0 Å². The lowest BCUT2D eigenvalue weighted by Gasteiger charge is -2.42. The van der Waals surface area contributed by atoms with E-state index >= 15 is 0 Å². The van der Waals surface area contributed by atoms with Crippen LogP contribution in [0.3, 0.4) is 0 Å². The summed E-state index contributed by atoms with van der Waals surface area (Å²) in [5.74, 6) is 0. The highest BCUT2D eigenvalue weighted by Crippen LogP contribution is 2.52. The number of aromatic nitrogens is 1. The first-order valence-electron chi connectivity index (χ1n) is 26.9. The van der Waals surface area contributed by atoms with Gasteiger partial charge in [-0.05, 0) is 113 Å². The van der Waals surface area contributed by atoms with Crippen LogP contribution in [0.25, 0.3) is 105 Å². The summed E-state index contributed by atoms with van der Waals surface area (Å²) >= 11 is 1.91. The molecular formula is C74H47BN2S. The van der Waals surface area contributed by atoms with Gasteiger partial charge < -0.3 is 9.47 Å². The van der Waals surface area contributed by atoms with Gasteiger partial charge >= 0.3 is 0 Å². The molecule has 78 heavy (non-hydrogen) atoms. The van der Waals surface area contributed by atoms with Gasteiger partial charge in [-0.3, -0.25) is 0 Å². The fourth-order valence-electron chi connectivity index (χ4n) is 13.1.